The van der Waals surface area contributed by atoms with Crippen LogP contribution in [0.15, 0.2) is 0 Å². The van der Waals surface area contributed by atoms with Crippen LogP contribution < -0.4 is 0 Å². The Morgan fingerprint density at radius 1 is 0.444 bits per heavy atom. The van der Waals surface area contributed by atoms with Crippen molar-refractivity contribution >= 4 is 73.2 Å². The molecule has 0 atom stereocenters. The zero-order valence-electron chi connectivity index (χ0n) is 17.3. The van der Waals surface area contributed by atoms with Gasteiger partial charge in [0.1, 0.15) is 0 Å². The zero-order chi connectivity index (χ0) is 19.8. The first-order valence-electron chi connectivity index (χ1n) is 10.9. The Morgan fingerprint density at radius 3 is 1.22 bits per heavy atom. The molecular weight excluding hydrogens is 445 g/mol. The Labute approximate surface area is 200 Å². The molecule has 0 spiro atoms. The molecule has 0 radical (unpaired) electrons. The molecule has 0 saturated heterocycles. The van der Waals surface area contributed by atoms with Crippen molar-refractivity contribution in [3.63, 3.8) is 0 Å². The fourth-order valence-corrected chi connectivity index (χ4v) is 7.51. The average Bonchev–Trinajstić information content (AvgIpc) is 2.68. The van der Waals surface area contributed by atoms with Gasteiger partial charge in [0.05, 0.1) is 0 Å². The van der Waals surface area contributed by atoms with Crippen molar-refractivity contribution in [2.45, 2.75) is 82.3 Å². The minimum atomic E-state index is 0.847. The second-order valence-electron chi connectivity index (χ2n) is 7.06. The van der Waals surface area contributed by atoms with Gasteiger partial charge < -0.3 is 0 Å². The van der Waals surface area contributed by atoms with Crippen LogP contribution in [-0.4, -0.2) is 51.3 Å². The third kappa shape index (κ3) is 24.2. The molecule has 0 unspecified atom stereocenters. The van der Waals surface area contributed by atoms with Crippen LogP contribution in [0.1, 0.15) is 77.0 Å². The van der Waals surface area contributed by atoms with Gasteiger partial charge in [0, 0.05) is 16.8 Å². The van der Waals surface area contributed by atoms with Gasteiger partial charge in [0.25, 0.3) is 0 Å². The molecule has 0 aromatic carbocycles. The minimum absolute atomic E-state index is 0.847. The van der Waals surface area contributed by atoms with E-state index in [-0.39, 0.29) is 0 Å². The monoisotopic (exact) mass is 488 g/mol. The summed E-state index contributed by atoms with van der Waals surface area (Å²) in [4.78, 5) is 0. The van der Waals surface area contributed by atoms with Crippen molar-refractivity contribution < 1.29 is 0 Å². The molecule has 0 aliphatic rings. The second kappa shape index (κ2) is 26.1. The Kier molecular flexibility index (Phi) is 28.2. The number of unbranched alkanes of at least 4 members (excludes halogenated alkanes) is 9. The summed E-state index contributed by atoms with van der Waals surface area (Å²) < 4.78 is 0. The van der Waals surface area contributed by atoms with Crippen LogP contribution >= 0.6 is 73.2 Å². The normalized spacial score (nSPS) is 11.6. The molecular formula is C21H44S6. The molecule has 0 nitrogen and oxygen atoms in total. The molecule has 0 fully saturated rings. The maximum atomic E-state index is 4.31. The topological polar surface area (TPSA) is 0 Å². The van der Waals surface area contributed by atoms with Crippen molar-refractivity contribution in [1.29, 1.82) is 0 Å². The fraction of sp³-hybridized carbons (Fsp3) is 1.00. The molecule has 0 N–H and O–H groups in total. The van der Waals surface area contributed by atoms with E-state index in [9.17, 15) is 0 Å². The Balaban J connectivity index is 3.78. The van der Waals surface area contributed by atoms with E-state index in [1.807, 2.05) is 0 Å². The van der Waals surface area contributed by atoms with E-state index < -0.39 is 0 Å². The van der Waals surface area contributed by atoms with Gasteiger partial charge in [-0.05, 0) is 73.0 Å². The second-order valence-corrected chi connectivity index (χ2v) is 12.1. The lowest BCUT2D eigenvalue weighted by Crippen LogP contribution is -2.12. The summed E-state index contributed by atoms with van der Waals surface area (Å²) >= 11 is 19.5. The quantitative estimate of drug-likeness (QED) is 0.0984. The van der Waals surface area contributed by atoms with Gasteiger partial charge >= 0.3 is 0 Å². The minimum Gasteiger partial charge on any atom is -0.179 e. The van der Waals surface area contributed by atoms with Crippen molar-refractivity contribution in [2.24, 2.45) is 0 Å². The summed E-state index contributed by atoms with van der Waals surface area (Å²) in [7, 11) is 0. The van der Waals surface area contributed by atoms with Crippen LogP contribution in [0.2, 0.25) is 0 Å². The van der Waals surface area contributed by atoms with Gasteiger partial charge in [-0.25, -0.2) is 0 Å². The molecule has 0 saturated carbocycles. The fourth-order valence-electron chi connectivity index (χ4n) is 2.73. The standard InChI is InChI=1S/C21H44S6/c22-13-7-1-4-10-16-25-19-21(27-18-12-6-3-9-15-24)20-26-17-11-5-2-8-14-23/h21-24H,1-20H2. The number of hydrogen-bond donors (Lipinski definition) is 3. The van der Waals surface area contributed by atoms with Crippen molar-refractivity contribution in [2.75, 3.05) is 46.0 Å². The molecule has 0 aliphatic carbocycles. The molecule has 0 aromatic heterocycles. The third-order valence-corrected chi connectivity index (χ3v) is 9.54. The van der Waals surface area contributed by atoms with E-state index in [1.165, 1.54) is 106 Å². The highest BCUT2D eigenvalue weighted by Crippen LogP contribution is 2.24. The van der Waals surface area contributed by atoms with E-state index in [1.54, 1.807) is 0 Å². The van der Waals surface area contributed by atoms with Crippen molar-refractivity contribution in [3.05, 3.63) is 0 Å². The van der Waals surface area contributed by atoms with E-state index in [4.69, 9.17) is 0 Å². The molecule has 0 bridgehead atoms. The molecule has 164 valence electrons. The van der Waals surface area contributed by atoms with E-state index >= 15 is 0 Å². The zero-order valence-corrected chi connectivity index (χ0v) is 22.4. The maximum Gasteiger partial charge on any atom is 0.0228 e. The lowest BCUT2D eigenvalue weighted by molar-refractivity contribution is 0.710. The summed E-state index contributed by atoms with van der Waals surface area (Å²) in [6.07, 6.45) is 16.2. The summed E-state index contributed by atoms with van der Waals surface area (Å²) in [5.41, 5.74) is 0. The number of rotatable bonds is 23. The van der Waals surface area contributed by atoms with Gasteiger partial charge in [0.15, 0.2) is 0 Å². The molecule has 0 aromatic rings. The van der Waals surface area contributed by atoms with Crippen LogP contribution in [0.25, 0.3) is 0 Å². The molecule has 6 heteroatoms. The van der Waals surface area contributed by atoms with Gasteiger partial charge in [-0.2, -0.15) is 73.2 Å². The SMILES string of the molecule is SCCCCCCSCC(CSCCCCCCS)SCCCCCCS. The summed E-state index contributed by atoms with van der Waals surface area (Å²) in [6, 6.07) is 0. The van der Waals surface area contributed by atoms with Gasteiger partial charge in [-0.3, -0.25) is 0 Å². The average molecular weight is 489 g/mol. The van der Waals surface area contributed by atoms with Crippen molar-refractivity contribution in [1.82, 2.24) is 0 Å². The lowest BCUT2D eigenvalue weighted by Gasteiger charge is -2.16. The predicted octanol–water partition coefficient (Wildman–Crippen LogP) is 8.03. The Bertz CT molecular complexity index is 247. The largest absolute Gasteiger partial charge is 0.179 e. The highest BCUT2D eigenvalue weighted by molar-refractivity contribution is 8.05. The first-order valence-corrected chi connectivity index (χ1v) is 16.2. The van der Waals surface area contributed by atoms with Crippen molar-refractivity contribution in [3.8, 4) is 0 Å². The van der Waals surface area contributed by atoms with E-state index in [0.717, 1.165) is 22.5 Å². The number of hydrogen-bond acceptors (Lipinski definition) is 6. The van der Waals surface area contributed by atoms with E-state index in [2.05, 4.69) is 73.2 Å². The molecule has 0 amide bonds. The maximum absolute atomic E-state index is 4.31. The highest BCUT2D eigenvalue weighted by Gasteiger charge is 2.10. The molecule has 0 rings (SSSR count). The van der Waals surface area contributed by atoms with Crippen LogP contribution in [0.3, 0.4) is 0 Å². The molecule has 0 heterocycles. The van der Waals surface area contributed by atoms with Gasteiger partial charge in [-0.1, -0.05) is 38.5 Å². The Hall–Kier alpha value is 2.10. The van der Waals surface area contributed by atoms with E-state index in [0.29, 0.717) is 0 Å². The lowest BCUT2D eigenvalue weighted by atomic mass is 10.2. The van der Waals surface area contributed by atoms with Crippen LogP contribution in [0, 0.1) is 0 Å². The first-order chi connectivity index (χ1) is 13.3. The van der Waals surface area contributed by atoms with Gasteiger partial charge in [0.2, 0.25) is 0 Å². The number of thioether (sulfide) groups is 3. The molecule has 27 heavy (non-hydrogen) atoms. The van der Waals surface area contributed by atoms with Crippen LogP contribution in [-0.2, 0) is 0 Å². The Morgan fingerprint density at radius 2 is 0.815 bits per heavy atom. The van der Waals surface area contributed by atoms with Crippen LogP contribution in [0.5, 0.6) is 0 Å². The number of thiol groups is 3. The summed E-state index contributed by atoms with van der Waals surface area (Å²) in [6.45, 7) is 0. The summed E-state index contributed by atoms with van der Waals surface area (Å²) in [5.74, 6) is 9.88. The van der Waals surface area contributed by atoms with Gasteiger partial charge in [-0.15, -0.1) is 0 Å². The van der Waals surface area contributed by atoms with Crippen LogP contribution in [0.4, 0.5) is 0 Å². The highest BCUT2D eigenvalue weighted by atomic mass is 32.2. The molecule has 0 aliphatic heterocycles. The summed E-state index contributed by atoms with van der Waals surface area (Å²) in [5, 5.41) is 0.847. The first kappa shape index (κ1) is 29.1. The predicted molar refractivity (Wildman–Crippen MR) is 148 cm³/mol. The third-order valence-electron chi connectivity index (χ3n) is 4.41. The smallest absolute Gasteiger partial charge is 0.0228 e.